The molecule has 4 aromatic rings. The molecular weight excluding hydrogens is 553 g/mol. The van der Waals surface area contributed by atoms with Crippen molar-refractivity contribution in [3.8, 4) is 0 Å². The molecule has 4 nitrogen and oxygen atoms in total. The van der Waals surface area contributed by atoms with Crippen molar-refractivity contribution in [3.63, 3.8) is 0 Å². The summed E-state index contributed by atoms with van der Waals surface area (Å²) in [7, 11) is -3.87. The molecule has 0 saturated carbocycles. The van der Waals surface area contributed by atoms with Gasteiger partial charge >= 0.3 is 224 Å². The van der Waals surface area contributed by atoms with E-state index < -0.39 is 39.5 Å². The van der Waals surface area contributed by atoms with Crippen molar-refractivity contribution in [3.05, 3.63) is 130 Å². The Bertz CT molecular complexity index is 1400. The summed E-state index contributed by atoms with van der Waals surface area (Å²) in [5.74, 6) is 0. The van der Waals surface area contributed by atoms with Crippen LogP contribution in [0.3, 0.4) is 0 Å². The topological polar surface area (TPSA) is 63.4 Å². The van der Waals surface area contributed by atoms with E-state index in [0.717, 1.165) is 32.0 Å². The van der Waals surface area contributed by atoms with Crippen LogP contribution < -0.4 is 9.89 Å². The summed E-state index contributed by atoms with van der Waals surface area (Å²) in [6.07, 6.45) is 0. The maximum atomic E-state index is 14.4. The molecule has 0 aliphatic heterocycles. The van der Waals surface area contributed by atoms with Gasteiger partial charge in [0.15, 0.2) is 0 Å². The Labute approximate surface area is 223 Å². The van der Waals surface area contributed by atoms with Crippen molar-refractivity contribution in [2.75, 3.05) is 0 Å². The predicted octanol–water partition coefficient (Wildman–Crippen LogP) is 5.68. The SMILES string of the molecule is Cc1ccc(S(=O)(=O)[N]([Ru][c]2c(C)cc(C)cc2C)C(c2ccccc2)C(N)c2ccccc2)cc1. The Morgan fingerprint density at radius 2 is 1.19 bits per heavy atom. The summed E-state index contributed by atoms with van der Waals surface area (Å²) < 4.78 is 31.5. The van der Waals surface area contributed by atoms with Crippen molar-refractivity contribution in [2.24, 2.45) is 5.73 Å². The average Bonchev–Trinajstić information content (AvgIpc) is 2.86. The molecule has 0 saturated heterocycles. The summed E-state index contributed by atoms with van der Waals surface area (Å²) in [5, 5.41) is 0. The number of hydrogen-bond donors (Lipinski definition) is 1. The molecule has 0 spiro atoms. The summed E-state index contributed by atoms with van der Waals surface area (Å²) >= 11 is -0.897. The molecule has 4 rings (SSSR count). The first-order chi connectivity index (χ1) is 17.2. The number of sulfonamides is 1. The molecular formula is C30H32N2O2RuS. The van der Waals surface area contributed by atoms with E-state index >= 15 is 0 Å². The zero-order chi connectivity index (χ0) is 25.9. The van der Waals surface area contributed by atoms with Crippen LogP contribution in [0.2, 0.25) is 0 Å². The molecule has 0 radical (unpaired) electrons. The van der Waals surface area contributed by atoms with Crippen LogP contribution in [-0.4, -0.2) is 11.5 Å². The van der Waals surface area contributed by atoms with Crippen LogP contribution in [0.25, 0.3) is 0 Å². The molecule has 0 amide bonds. The fourth-order valence-electron chi connectivity index (χ4n) is 4.36. The first-order valence-corrected chi connectivity index (χ1v) is 14.9. The monoisotopic (exact) mass is 586 g/mol. The summed E-state index contributed by atoms with van der Waals surface area (Å²) in [6.45, 7) is 8.15. The van der Waals surface area contributed by atoms with Gasteiger partial charge in [0.05, 0.1) is 0 Å². The van der Waals surface area contributed by atoms with Gasteiger partial charge in [0.1, 0.15) is 0 Å². The van der Waals surface area contributed by atoms with E-state index in [1.165, 1.54) is 5.56 Å². The average molecular weight is 586 g/mol. The van der Waals surface area contributed by atoms with Gasteiger partial charge in [0.25, 0.3) is 0 Å². The molecule has 0 fully saturated rings. The summed E-state index contributed by atoms with van der Waals surface area (Å²) in [6, 6.07) is 29.8. The molecule has 2 unspecified atom stereocenters. The second kappa shape index (κ2) is 11.2. The third-order valence-corrected chi connectivity index (χ3v) is 11.9. The number of hydrogen-bond acceptors (Lipinski definition) is 3. The molecule has 188 valence electrons. The van der Waals surface area contributed by atoms with Crippen LogP contribution in [0, 0.1) is 27.7 Å². The van der Waals surface area contributed by atoms with E-state index in [0.29, 0.717) is 0 Å². The van der Waals surface area contributed by atoms with Crippen molar-refractivity contribution < 1.29 is 25.8 Å². The van der Waals surface area contributed by atoms with Gasteiger partial charge in [-0.2, -0.15) is 0 Å². The van der Waals surface area contributed by atoms with Crippen LogP contribution in [0.5, 0.6) is 0 Å². The Kier molecular flexibility index (Phi) is 8.21. The molecule has 0 aliphatic carbocycles. The second-order valence-electron chi connectivity index (χ2n) is 9.12. The number of aryl methyl sites for hydroxylation is 4. The fraction of sp³-hybridized carbons (Fsp3) is 0.200. The Hall–Kier alpha value is -2.63. The van der Waals surface area contributed by atoms with E-state index in [4.69, 9.17) is 5.73 Å². The molecule has 0 aliphatic rings. The zero-order valence-corrected chi connectivity index (χ0v) is 23.5. The van der Waals surface area contributed by atoms with E-state index in [2.05, 4.69) is 32.9 Å². The van der Waals surface area contributed by atoms with E-state index in [1.807, 2.05) is 79.7 Å². The number of nitrogens with zero attached hydrogens (tertiary/aromatic N) is 1. The maximum absolute atomic E-state index is 14.4. The van der Waals surface area contributed by atoms with E-state index in [-0.39, 0.29) is 4.90 Å². The van der Waals surface area contributed by atoms with Crippen molar-refractivity contribution in [1.29, 1.82) is 0 Å². The molecule has 4 aromatic carbocycles. The number of rotatable bonds is 8. The first-order valence-electron chi connectivity index (χ1n) is 11.9. The van der Waals surface area contributed by atoms with Gasteiger partial charge in [-0.3, -0.25) is 0 Å². The summed E-state index contributed by atoms with van der Waals surface area (Å²) in [4.78, 5) is 0.283. The van der Waals surface area contributed by atoms with Crippen molar-refractivity contribution in [1.82, 2.24) is 3.05 Å². The minimum atomic E-state index is -3.87. The molecule has 0 aromatic heterocycles. The van der Waals surface area contributed by atoms with Gasteiger partial charge in [0, 0.05) is 0 Å². The van der Waals surface area contributed by atoms with E-state index in [1.54, 1.807) is 15.2 Å². The fourth-order valence-corrected chi connectivity index (χ4v) is 9.26. The molecule has 0 heterocycles. The van der Waals surface area contributed by atoms with Crippen molar-refractivity contribution >= 4 is 14.2 Å². The Balaban J connectivity index is 1.94. The van der Waals surface area contributed by atoms with Gasteiger partial charge < -0.3 is 0 Å². The molecule has 2 atom stereocenters. The van der Waals surface area contributed by atoms with Crippen LogP contribution in [0.1, 0.15) is 45.5 Å². The summed E-state index contributed by atoms with van der Waals surface area (Å²) in [5.41, 5.74) is 13.1. The van der Waals surface area contributed by atoms with Crippen LogP contribution in [-0.2, 0) is 27.4 Å². The molecule has 36 heavy (non-hydrogen) atoms. The van der Waals surface area contributed by atoms with Crippen LogP contribution in [0.4, 0.5) is 0 Å². The molecule has 2 N–H and O–H groups in total. The quantitative estimate of drug-likeness (QED) is 0.271. The van der Waals surface area contributed by atoms with E-state index in [9.17, 15) is 8.42 Å². The van der Waals surface area contributed by atoms with Gasteiger partial charge in [0.2, 0.25) is 0 Å². The third kappa shape index (κ3) is 5.68. The first kappa shape index (κ1) is 26.4. The minimum absolute atomic E-state index is 0.283. The number of benzene rings is 4. The van der Waals surface area contributed by atoms with Gasteiger partial charge in [-0.25, -0.2) is 0 Å². The standard InChI is InChI=1S/C21H21N2O2S.C9H11.Ru/c1-16-12-14-19(15-13-16)26(24,25)23-21(18-10-6-3-7-11-18)20(22)17-8-4-2-5-9-17;1-7-4-8(2)6-9(3)5-7;/h2-15,20-21H,22H2,1H3;4-5H,1-3H3;/q-1;;+1. The second-order valence-corrected chi connectivity index (χ2v) is 13.5. The normalized spacial score (nSPS) is 13.6. The Morgan fingerprint density at radius 1 is 0.694 bits per heavy atom. The van der Waals surface area contributed by atoms with Crippen molar-refractivity contribution in [2.45, 2.75) is 44.7 Å². The molecule has 6 heteroatoms. The predicted molar refractivity (Wildman–Crippen MR) is 143 cm³/mol. The third-order valence-electron chi connectivity index (χ3n) is 6.14. The van der Waals surface area contributed by atoms with Gasteiger partial charge in [-0.1, -0.05) is 0 Å². The van der Waals surface area contributed by atoms with Gasteiger partial charge in [-0.15, -0.1) is 0 Å². The Morgan fingerprint density at radius 3 is 1.72 bits per heavy atom. The van der Waals surface area contributed by atoms with Gasteiger partial charge in [-0.05, 0) is 0 Å². The number of nitrogens with two attached hydrogens (primary N) is 1. The van der Waals surface area contributed by atoms with Crippen LogP contribution in [0.15, 0.2) is 102 Å². The van der Waals surface area contributed by atoms with Crippen LogP contribution >= 0.6 is 0 Å². The zero-order valence-electron chi connectivity index (χ0n) is 21.0. The molecule has 0 bridgehead atoms.